The van der Waals surface area contributed by atoms with Crippen molar-refractivity contribution in [3.8, 4) is 0 Å². The quantitative estimate of drug-likeness (QED) is 0.793. The van der Waals surface area contributed by atoms with Crippen molar-refractivity contribution in [3.63, 3.8) is 0 Å². The summed E-state index contributed by atoms with van der Waals surface area (Å²) < 4.78 is 25.3. The van der Waals surface area contributed by atoms with Gasteiger partial charge in [0.15, 0.2) is 5.79 Å². The van der Waals surface area contributed by atoms with Gasteiger partial charge in [0, 0.05) is 31.0 Å². The van der Waals surface area contributed by atoms with Gasteiger partial charge in [0.05, 0.1) is 23.9 Å². The van der Waals surface area contributed by atoms with E-state index in [1.165, 1.54) is 6.07 Å². The Bertz CT molecular complexity index is 459. The number of halogens is 3. The Balaban J connectivity index is 1.78. The summed E-state index contributed by atoms with van der Waals surface area (Å²) in [5.41, 5.74) is 0.416. The van der Waals surface area contributed by atoms with Crippen molar-refractivity contribution in [1.29, 1.82) is 0 Å². The number of rotatable bonds is 1. The maximum Gasteiger partial charge on any atom is 0.171 e. The van der Waals surface area contributed by atoms with Crippen LogP contribution in [0.2, 0.25) is 10.0 Å². The third-order valence-electron chi connectivity index (χ3n) is 3.64. The molecule has 2 saturated heterocycles. The van der Waals surface area contributed by atoms with Gasteiger partial charge in [-0.1, -0.05) is 23.2 Å². The molecule has 1 spiro atoms. The number of anilines is 1. The molecular weight excluding hydrogens is 292 g/mol. The number of hydrogen-bond acceptors (Lipinski definition) is 3. The zero-order valence-electron chi connectivity index (χ0n) is 10.3. The van der Waals surface area contributed by atoms with Crippen molar-refractivity contribution in [2.24, 2.45) is 0 Å². The van der Waals surface area contributed by atoms with Gasteiger partial charge < -0.3 is 14.4 Å². The molecule has 2 aliphatic rings. The number of hydrogen-bond donors (Lipinski definition) is 0. The molecule has 0 aliphatic carbocycles. The molecule has 2 aliphatic heterocycles. The first-order valence-corrected chi connectivity index (χ1v) is 7.03. The van der Waals surface area contributed by atoms with E-state index >= 15 is 0 Å². The molecule has 104 valence electrons. The van der Waals surface area contributed by atoms with E-state index in [9.17, 15) is 4.39 Å². The molecular formula is C13H14Cl2FNO2. The van der Waals surface area contributed by atoms with Crippen LogP contribution in [0.4, 0.5) is 10.1 Å². The van der Waals surface area contributed by atoms with Crippen molar-refractivity contribution in [2.75, 3.05) is 31.2 Å². The fraction of sp³-hybridized carbons (Fsp3) is 0.538. The van der Waals surface area contributed by atoms with Crippen LogP contribution >= 0.6 is 23.2 Å². The van der Waals surface area contributed by atoms with E-state index in [0.717, 1.165) is 0 Å². The van der Waals surface area contributed by atoms with E-state index in [1.54, 1.807) is 6.07 Å². The van der Waals surface area contributed by atoms with Crippen LogP contribution in [-0.4, -0.2) is 32.1 Å². The van der Waals surface area contributed by atoms with Crippen LogP contribution in [0.15, 0.2) is 12.1 Å². The monoisotopic (exact) mass is 305 g/mol. The van der Waals surface area contributed by atoms with Gasteiger partial charge in [-0.15, -0.1) is 0 Å². The fourth-order valence-corrected chi connectivity index (χ4v) is 3.28. The molecule has 0 bridgehead atoms. The first-order valence-electron chi connectivity index (χ1n) is 6.27. The number of nitrogens with zero attached hydrogens (tertiary/aromatic N) is 1. The molecule has 2 heterocycles. The Labute approximate surface area is 121 Å². The third-order valence-corrected chi connectivity index (χ3v) is 4.14. The number of ether oxygens (including phenoxy) is 2. The first-order chi connectivity index (χ1) is 9.10. The zero-order valence-corrected chi connectivity index (χ0v) is 11.8. The van der Waals surface area contributed by atoms with E-state index in [1.807, 2.05) is 4.90 Å². The predicted octanol–water partition coefficient (Wildman–Crippen LogP) is 3.48. The van der Waals surface area contributed by atoms with Gasteiger partial charge in [-0.05, 0) is 12.1 Å². The third kappa shape index (κ3) is 2.55. The molecule has 0 amide bonds. The lowest BCUT2D eigenvalue weighted by molar-refractivity contribution is -0.169. The Morgan fingerprint density at radius 2 is 1.74 bits per heavy atom. The Hall–Kier alpha value is -0.550. The molecule has 0 aromatic heterocycles. The van der Waals surface area contributed by atoms with Gasteiger partial charge in [-0.3, -0.25) is 0 Å². The first kappa shape index (κ1) is 13.4. The highest BCUT2D eigenvalue weighted by Gasteiger charge is 2.40. The Morgan fingerprint density at radius 1 is 1.11 bits per heavy atom. The Kier molecular flexibility index (Phi) is 3.60. The van der Waals surface area contributed by atoms with Gasteiger partial charge >= 0.3 is 0 Å². The summed E-state index contributed by atoms with van der Waals surface area (Å²) in [6.07, 6.45) is 1.43. The highest BCUT2D eigenvalue weighted by atomic mass is 35.5. The number of benzene rings is 1. The summed E-state index contributed by atoms with van der Waals surface area (Å²) in [4.78, 5) is 1.92. The van der Waals surface area contributed by atoms with Gasteiger partial charge in [0.25, 0.3) is 0 Å². The SMILES string of the molecule is Fc1cc(Cl)cc(Cl)c1N1CCC2(CC1)OCCO2. The van der Waals surface area contributed by atoms with Crippen molar-refractivity contribution in [2.45, 2.75) is 18.6 Å². The topological polar surface area (TPSA) is 21.7 Å². The van der Waals surface area contributed by atoms with Crippen molar-refractivity contribution < 1.29 is 13.9 Å². The van der Waals surface area contributed by atoms with E-state index in [4.69, 9.17) is 32.7 Å². The summed E-state index contributed by atoms with van der Waals surface area (Å²) in [7, 11) is 0. The maximum atomic E-state index is 14.0. The second-order valence-electron chi connectivity index (χ2n) is 4.81. The van der Waals surface area contributed by atoms with Gasteiger partial charge in [-0.25, -0.2) is 4.39 Å². The van der Waals surface area contributed by atoms with E-state index in [2.05, 4.69) is 0 Å². The molecule has 1 aromatic carbocycles. The molecule has 0 saturated carbocycles. The molecule has 6 heteroatoms. The van der Waals surface area contributed by atoms with Crippen LogP contribution in [0.1, 0.15) is 12.8 Å². The average Bonchev–Trinajstić information content (AvgIpc) is 2.79. The molecule has 3 nitrogen and oxygen atoms in total. The average molecular weight is 306 g/mol. The normalized spacial score (nSPS) is 22.2. The highest BCUT2D eigenvalue weighted by molar-refractivity contribution is 6.36. The molecule has 1 aromatic rings. The summed E-state index contributed by atoms with van der Waals surface area (Å²) in [5.74, 6) is -0.854. The van der Waals surface area contributed by atoms with Gasteiger partial charge in [0.2, 0.25) is 0 Å². The largest absolute Gasteiger partial charge is 0.368 e. The second-order valence-corrected chi connectivity index (χ2v) is 5.66. The highest BCUT2D eigenvalue weighted by Crippen LogP contribution is 2.37. The van der Waals surface area contributed by atoms with Gasteiger partial charge in [0.1, 0.15) is 5.82 Å². The number of piperidine rings is 1. The molecule has 2 fully saturated rings. The minimum Gasteiger partial charge on any atom is -0.368 e. The van der Waals surface area contributed by atoms with Crippen LogP contribution < -0.4 is 4.90 Å². The van der Waals surface area contributed by atoms with Crippen LogP contribution in [0, 0.1) is 5.82 Å². The lowest BCUT2D eigenvalue weighted by Gasteiger charge is -2.39. The molecule has 0 atom stereocenters. The summed E-state index contributed by atoms with van der Waals surface area (Å²) in [6.45, 7) is 2.57. The minimum absolute atomic E-state index is 0.308. The second kappa shape index (κ2) is 5.09. The standard InChI is InChI=1S/C13H14Cl2FNO2/c14-9-7-10(15)12(11(16)8-9)17-3-1-13(2-4-17)18-5-6-19-13/h7-8H,1-6H2. The lowest BCUT2D eigenvalue weighted by atomic mass is 10.0. The van der Waals surface area contributed by atoms with Crippen LogP contribution in [-0.2, 0) is 9.47 Å². The fourth-order valence-electron chi connectivity index (χ4n) is 2.69. The van der Waals surface area contributed by atoms with Crippen molar-refractivity contribution >= 4 is 28.9 Å². The zero-order chi connectivity index (χ0) is 13.5. The van der Waals surface area contributed by atoms with Crippen LogP contribution in [0.25, 0.3) is 0 Å². The summed E-state index contributed by atoms with van der Waals surface area (Å²) >= 11 is 11.9. The van der Waals surface area contributed by atoms with Crippen molar-refractivity contribution in [3.05, 3.63) is 28.0 Å². The summed E-state index contributed by atoms with van der Waals surface area (Å²) in [5, 5.41) is 0.649. The van der Waals surface area contributed by atoms with E-state index in [-0.39, 0.29) is 5.82 Å². The maximum absolute atomic E-state index is 14.0. The molecule has 0 unspecified atom stereocenters. The molecule has 3 rings (SSSR count). The smallest absolute Gasteiger partial charge is 0.171 e. The summed E-state index contributed by atoms with van der Waals surface area (Å²) in [6, 6.07) is 2.85. The van der Waals surface area contributed by atoms with Crippen LogP contribution in [0.5, 0.6) is 0 Å². The van der Waals surface area contributed by atoms with Gasteiger partial charge in [-0.2, -0.15) is 0 Å². The minimum atomic E-state index is -0.466. The van der Waals surface area contributed by atoms with Crippen molar-refractivity contribution in [1.82, 2.24) is 0 Å². The van der Waals surface area contributed by atoms with E-state index < -0.39 is 5.79 Å². The molecule has 19 heavy (non-hydrogen) atoms. The predicted molar refractivity (Wildman–Crippen MR) is 72.5 cm³/mol. The van der Waals surface area contributed by atoms with E-state index in [0.29, 0.717) is 54.9 Å². The van der Waals surface area contributed by atoms with Crippen LogP contribution in [0.3, 0.4) is 0 Å². The molecule has 0 N–H and O–H groups in total. The molecule has 0 radical (unpaired) electrons. The Morgan fingerprint density at radius 3 is 2.32 bits per heavy atom. The lowest BCUT2D eigenvalue weighted by Crippen LogP contribution is -2.45.